The third-order valence-corrected chi connectivity index (χ3v) is 5.01. The molecule has 0 bridgehead atoms. The molecule has 1 N–H and O–H groups in total. The number of amides is 2. The van der Waals surface area contributed by atoms with E-state index in [0.717, 1.165) is 19.3 Å². The first-order valence-corrected chi connectivity index (χ1v) is 10.5. The van der Waals surface area contributed by atoms with Crippen LogP contribution in [0.25, 0.3) is 0 Å². The quantitative estimate of drug-likeness (QED) is 0.620. The van der Waals surface area contributed by atoms with Crippen molar-refractivity contribution < 1.29 is 14.0 Å². The fraction of sp³-hybridized carbons (Fsp3) is 0.773. The Labute approximate surface area is 170 Å². The molecule has 0 aliphatic carbocycles. The monoisotopic (exact) mass is 393 g/mol. The highest BCUT2D eigenvalue weighted by Crippen LogP contribution is 2.27. The molecule has 0 radical (unpaired) electrons. The Kier molecular flexibility index (Phi) is 9.18. The second-order valence-electron chi connectivity index (χ2n) is 9.26. The van der Waals surface area contributed by atoms with Crippen LogP contribution in [0.5, 0.6) is 0 Å². The lowest BCUT2D eigenvalue weighted by Crippen LogP contribution is -2.39. The Morgan fingerprint density at radius 1 is 1.18 bits per heavy atom. The van der Waals surface area contributed by atoms with Crippen molar-refractivity contribution in [3.8, 4) is 0 Å². The summed E-state index contributed by atoms with van der Waals surface area (Å²) in [7, 11) is 0. The van der Waals surface area contributed by atoms with Crippen LogP contribution in [0.15, 0.2) is 10.7 Å². The topological polar surface area (TPSA) is 75.4 Å². The lowest BCUT2D eigenvalue weighted by atomic mass is 9.84. The van der Waals surface area contributed by atoms with Gasteiger partial charge < -0.3 is 14.6 Å². The number of aromatic nitrogens is 1. The van der Waals surface area contributed by atoms with Gasteiger partial charge in [0.05, 0.1) is 6.54 Å². The van der Waals surface area contributed by atoms with Crippen LogP contribution < -0.4 is 5.32 Å². The highest BCUT2D eigenvalue weighted by atomic mass is 16.3. The molecule has 0 saturated heterocycles. The first-order chi connectivity index (χ1) is 13.0. The van der Waals surface area contributed by atoms with Gasteiger partial charge >= 0.3 is 0 Å². The minimum Gasteiger partial charge on any atom is -0.446 e. The number of carbonyl (C=O) groups is 2. The molecule has 1 rings (SSSR count). The van der Waals surface area contributed by atoms with E-state index in [1.54, 1.807) is 0 Å². The Morgan fingerprint density at radius 2 is 1.82 bits per heavy atom. The molecule has 6 nitrogen and oxygen atoms in total. The summed E-state index contributed by atoms with van der Waals surface area (Å²) >= 11 is 0. The first-order valence-electron chi connectivity index (χ1n) is 10.5. The third-order valence-electron chi connectivity index (χ3n) is 5.01. The Bertz CT molecular complexity index is 633. The lowest BCUT2D eigenvalue weighted by Gasteiger charge is -2.30. The molecule has 3 unspecified atom stereocenters. The third kappa shape index (κ3) is 8.03. The summed E-state index contributed by atoms with van der Waals surface area (Å²) < 4.78 is 5.50. The first kappa shape index (κ1) is 24.2. The zero-order chi connectivity index (χ0) is 21.5. The molecule has 1 aromatic rings. The second kappa shape index (κ2) is 10.6. The van der Waals surface area contributed by atoms with Gasteiger partial charge in [0.25, 0.3) is 5.91 Å². The summed E-state index contributed by atoms with van der Waals surface area (Å²) in [6.45, 7) is 17.0. The van der Waals surface area contributed by atoms with Crippen LogP contribution in [0, 0.1) is 11.3 Å². The molecule has 0 fully saturated rings. The van der Waals surface area contributed by atoms with E-state index in [2.05, 4.69) is 44.9 Å². The molecule has 28 heavy (non-hydrogen) atoms. The molecule has 1 aromatic heterocycles. The molecule has 1 heterocycles. The van der Waals surface area contributed by atoms with Gasteiger partial charge in [0, 0.05) is 18.5 Å². The van der Waals surface area contributed by atoms with Crippen molar-refractivity contribution >= 4 is 11.8 Å². The molecule has 0 aliphatic heterocycles. The van der Waals surface area contributed by atoms with E-state index in [0.29, 0.717) is 18.2 Å². The predicted molar refractivity (Wildman–Crippen MR) is 112 cm³/mol. The van der Waals surface area contributed by atoms with Crippen molar-refractivity contribution in [3.63, 3.8) is 0 Å². The number of hydrogen-bond acceptors (Lipinski definition) is 4. The normalized spacial score (nSPS) is 15.0. The van der Waals surface area contributed by atoms with E-state index >= 15 is 0 Å². The SMILES string of the molecule is CCC(C)NC(=O)c1coc(CN(C(=O)CC(C)CC(C)(C)C)C(C)CC)n1. The maximum atomic E-state index is 12.9. The molecule has 0 aliphatic rings. The fourth-order valence-electron chi connectivity index (χ4n) is 3.28. The second-order valence-corrected chi connectivity index (χ2v) is 9.26. The number of nitrogens with zero attached hydrogens (tertiary/aromatic N) is 2. The van der Waals surface area contributed by atoms with Crippen molar-refractivity contribution in [2.24, 2.45) is 11.3 Å². The van der Waals surface area contributed by atoms with Crippen molar-refractivity contribution in [2.45, 2.75) is 99.7 Å². The van der Waals surface area contributed by atoms with Crippen LogP contribution in [0.1, 0.15) is 97.5 Å². The highest BCUT2D eigenvalue weighted by molar-refractivity contribution is 5.92. The van der Waals surface area contributed by atoms with Crippen LogP contribution in [-0.2, 0) is 11.3 Å². The number of rotatable bonds is 10. The van der Waals surface area contributed by atoms with E-state index < -0.39 is 0 Å². The van der Waals surface area contributed by atoms with Gasteiger partial charge in [-0.25, -0.2) is 4.98 Å². The number of nitrogens with one attached hydrogen (secondary N) is 1. The minimum atomic E-state index is -0.246. The van der Waals surface area contributed by atoms with Crippen molar-refractivity contribution in [3.05, 3.63) is 17.8 Å². The number of hydrogen-bond donors (Lipinski definition) is 1. The zero-order valence-electron chi connectivity index (χ0n) is 19.0. The van der Waals surface area contributed by atoms with E-state index in [9.17, 15) is 9.59 Å². The molecule has 6 heteroatoms. The molecular weight excluding hydrogens is 354 g/mol. The fourth-order valence-corrected chi connectivity index (χ4v) is 3.28. The minimum absolute atomic E-state index is 0.0788. The van der Waals surface area contributed by atoms with Gasteiger partial charge in [-0.15, -0.1) is 0 Å². The van der Waals surface area contributed by atoms with Gasteiger partial charge in [-0.2, -0.15) is 0 Å². The van der Waals surface area contributed by atoms with Gasteiger partial charge in [-0.3, -0.25) is 9.59 Å². The van der Waals surface area contributed by atoms with Crippen molar-refractivity contribution in [1.82, 2.24) is 15.2 Å². The summed E-state index contributed by atoms with van der Waals surface area (Å²) in [6, 6.07) is 0.161. The highest BCUT2D eigenvalue weighted by Gasteiger charge is 2.25. The molecular formula is C22H39N3O3. The maximum absolute atomic E-state index is 12.9. The molecule has 0 spiro atoms. The summed E-state index contributed by atoms with van der Waals surface area (Å²) in [6.07, 6.45) is 4.56. The van der Waals surface area contributed by atoms with Gasteiger partial charge in [0.2, 0.25) is 11.8 Å². The van der Waals surface area contributed by atoms with E-state index in [-0.39, 0.29) is 41.6 Å². The van der Waals surface area contributed by atoms with Gasteiger partial charge in [0.1, 0.15) is 6.26 Å². The summed E-state index contributed by atoms with van der Waals surface area (Å²) in [5.74, 6) is 0.561. The van der Waals surface area contributed by atoms with E-state index in [1.807, 2.05) is 25.7 Å². The zero-order valence-corrected chi connectivity index (χ0v) is 19.0. The summed E-state index contributed by atoms with van der Waals surface area (Å²) in [5, 5.41) is 2.88. The van der Waals surface area contributed by atoms with Crippen LogP contribution >= 0.6 is 0 Å². The largest absolute Gasteiger partial charge is 0.446 e. The Hall–Kier alpha value is -1.85. The number of carbonyl (C=O) groups excluding carboxylic acids is 2. The molecule has 3 atom stereocenters. The summed E-state index contributed by atoms with van der Waals surface area (Å²) in [4.78, 5) is 31.3. The smallest absolute Gasteiger partial charge is 0.273 e. The van der Waals surface area contributed by atoms with Gasteiger partial charge in [-0.05, 0) is 44.4 Å². The predicted octanol–water partition coefficient (Wildman–Crippen LogP) is 4.79. The van der Waals surface area contributed by atoms with E-state index in [4.69, 9.17) is 4.42 Å². The molecule has 2 amide bonds. The lowest BCUT2D eigenvalue weighted by molar-refractivity contribution is -0.135. The Balaban J connectivity index is 2.82. The molecule has 0 aromatic carbocycles. The average Bonchev–Trinajstić information content (AvgIpc) is 3.05. The van der Waals surface area contributed by atoms with Crippen molar-refractivity contribution in [1.29, 1.82) is 0 Å². The Morgan fingerprint density at radius 3 is 2.36 bits per heavy atom. The van der Waals surface area contributed by atoms with Crippen LogP contribution in [0.4, 0.5) is 0 Å². The van der Waals surface area contributed by atoms with Crippen LogP contribution in [-0.4, -0.2) is 33.8 Å². The molecule has 160 valence electrons. The van der Waals surface area contributed by atoms with Gasteiger partial charge in [-0.1, -0.05) is 41.5 Å². The van der Waals surface area contributed by atoms with Crippen LogP contribution in [0.2, 0.25) is 0 Å². The standard InChI is InChI=1S/C22H39N3O3/c1-9-16(4)23-21(27)18-14-28-19(24-18)13-25(17(5)10-2)20(26)11-15(3)12-22(6,7)8/h14-17H,9-13H2,1-8H3,(H,23,27). The molecule has 0 saturated carbocycles. The van der Waals surface area contributed by atoms with Gasteiger partial charge in [0.15, 0.2) is 5.69 Å². The van der Waals surface area contributed by atoms with Crippen LogP contribution in [0.3, 0.4) is 0 Å². The average molecular weight is 394 g/mol. The summed E-state index contributed by atoms with van der Waals surface area (Å²) in [5.41, 5.74) is 0.453. The van der Waals surface area contributed by atoms with E-state index in [1.165, 1.54) is 6.26 Å². The number of oxazole rings is 1. The van der Waals surface area contributed by atoms with Crippen molar-refractivity contribution in [2.75, 3.05) is 0 Å². The maximum Gasteiger partial charge on any atom is 0.273 e.